The lowest BCUT2D eigenvalue weighted by molar-refractivity contribution is 0.0603. The highest BCUT2D eigenvalue weighted by molar-refractivity contribution is 7.93. The first-order valence-electron chi connectivity index (χ1n) is 12.6. The summed E-state index contributed by atoms with van der Waals surface area (Å²) in [7, 11) is -3.95. The van der Waals surface area contributed by atoms with Crippen molar-refractivity contribution in [3.8, 4) is 5.75 Å². The quantitative estimate of drug-likeness (QED) is 0.520. The van der Waals surface area contributed by atoms with Crippen LogP contribution in [0.1, 0.15) is 42.5 Å². The summed E-state index contributed by atoms with van der Waals surface area (Å²) in [4.78, 5) is 21.5. The number of aromatic hydroxyl groups is 1. The number of phenolic OH excluding ortho intramolecular Hbond substituents is 1. The number of aromatic nitrogens is 1. The number of carbonyl (C=O) groups excluding carboxylic acids is 1. The number of sulfonamides is 1. The van der Waals surface area contributed by atoms with Crippen LogP contribution in [-0.4, -0.2) is 66.9 Å². The highest BCUT2D eigenvalue weighted by Crippen LogP contribution is 2.28. The van der Waals surface area contributed by atoms with Gasteiger partial charge in [-0.05, 0) is 43.0 Å². The molecule has 0 radical (unpaired) electrons. The molecule has 0 unspecified atom stereocenters. The first kappa shape index (κ1) is 24.5. The van der Waals surface area contributed by atoms with Crippen molar-refractivity contribution in [1.82, 2.24) is 14.8 Å². The largest absolute Gasteiger partial charge is 0.507 e. The van der Waals surface area contributed by atoms with Crippen LogP contribution in [0.15, 0.2) is 59.6 Å². The van der Waals surface area contributed by atoms with Crippen LogP contribution in [0.3, 0.4) is 0 Å². The van der Waals surface area contributed by atoms with E-state index in [0.29, 0.717) is 24.0 Å². The molecular formula is C27H32N4O4S. The van der Waals surface area contributed by atoms with Gasteiger partial charge in [-0.3, -0.25) is 19.4 Å². The lowest BCUT2D eigenvalue weighted by Crippen LogP contribution is -2.49. The summed E-state index contributed by atoms with van der Waals surface area (Å²) < 4.78 is 28.6. The number of carbonyl (C=O) groups is 1. The Morgan fingerprint density at radius 1 is 1.00 bits per heavy atom. The fourth-order valence-electron chi connectivity index (χ4n) is 5.32. The van der Waals surface area contributed by atoms with Crippen LogP contribution in [0.25, 0.3) is 10.9 Å². The van der Waals surface area contributed by atoms with Crippen molar-refractivity contribution >= 4 is 32.5 Å². The maximum absolute atomic E-state index is 13.1. The second kappa shape index (κ2) is 10.4. The number of hydrogen-bond donors (Lipinski definition) is 2. The van der Waals surface area contributed by atoms with Gasteiger partial charge in [-0.25, -0.2) is 8.42 Å². The molecule has 1 aromatic heterocycles. The van der Waals surface area contributed by atoms with Crippen molar-refractivity contribution in [2.24, 2.45) is 5.92 Å². The number of rotatable bonds is 6. The number of pyridine rings is 1. The predicted octanol–water partition coefficient (Wildman–Crippen LogP) is 4.08. The summed E-state index contributed by atoms with van der Waals surface area (Å²) in [5.74, 6) is 0.282. The van der Waals surface area contributed by atoms with Gasteiger partial charge in [0.15, 0.2) is 0 Å². The van der Waals surface area contributed by atoms with Gasteiger partial charge >= 0.3 is 0 Å². The zero-order valence-corrected chi connectivity index (χ0v) is 21.1. The first-order chi connectivity index (χ1) is 17.4. The lowest BCUT2D eigenvalue weighted by atomic mass is 9.89. The molecule has 0 spiro atoms. The van der Waals surface area contributed by atoms with E-state index >= 15 is 0 Å². The normalized spacial score (nSPS) is 17.8. The maximum Gasteiger partial charge on any atom is 0.264 e. The molecule has 2 aromatic carbocycles. The van der Waals surface area contributed by atoms with E-state index in [-0.39, 0.29) is 27.8 Å². The van der Waals surface area contributed by atoms with Crippen LogP contribution in [0.5, 0.6) is 5.75 Å². The van der Waals surface area contributed by atoms with E-state index < -0.39 is 10.0 Å². The number of nitrogens with zero attached hydrogens (tertiary/aromatic N) is 3. The summed E-state index contributed by atoms with van der Waals surface area (Å²) in [6.07, 6.45) is 8.16. The highest BCUT2D eigenvalue weighted by Gasteiger charge is 2.26. The summed E-state index contributed by atoms with van der Waals surface area (Å²) >= 11 is 0. The van der Waals surface area contributed by atoms with Crippen molar-refractivity contribution in [1.29, 1.82) is 0 Å². The van der Waals surface area contributed by atoms with Crippen LogP contribution in [-0.2, 0) is 10.0 Å². The maximum atomic E-state index is 13.1. The molecule has 0 atom stereocenters. The van der Waals surface area contributed by atoms with E-state index in [0.717, 1.165) is 25.6 Å². The summed E-state index contributed by atoms with van der Waals surface area (Å²) in [6.45, 7) is 4.01. The van der Waals surface area contributed by atoms with Gasteiger partial charge in [-0.2, -0.15) is 0 Å². The Bertz CT molecular complexity index is 1340. The van der Waals surface area contributed by atoms with Gasteiger partial charge in [0.05, 0.1) is 16.8 Å². The molecule has 2 N–H and O–H groups in total. The van der Waals surface area contributed by atoms with Crippen LogP contribution >= 0.6 is 0 Å². The lowest BCUT2D eigenvalue weighted by Gasteiger charge is -2.37. The molecule has 2 fully saturated rings. The molecule has 190 valence electrons. The Kier molecular flexibility index (Phi) is 7.11. The molecular weight excluding hydrogens is 476 g/mol. The third kappa shape index (κ3) is 5.32. The first-order valence-corrected chi connectivity index (χ1v) is 14.1. The number of hydrogen-bond acceptors (Lipinski definition) is 6. The Hall–Kier alpha value is -3.17. The molecule has 5 rings (SSSR count). The van der Waals surface area contributed by atoms with E-state index in [4.69, 9.17) is 0 Å². The zero-order chi connectivity index (χ0) is 25.1. The summed E-state index contributed by atoms with van der Waals surface area (Å²) in [5, 5.41) is 11.3. The van der Waals surface area contributed by atoms with Crippen molar-refractivity contribution in [3.63, 3.8) is 0 Å². The number of nitrogens with one attached hydrogen (secondary N) is 1. The number of benzene rings is 2. The average molecular weight is 509 g/mol. The number of para-hydroxylation sites is 1. The number of piperazine rings is 1. The fourth-order valence-corrected chi connectivity index (χ4v) is 6.55. The average Bonchev–Trinajstić information content (AvgIpc) is 2.89. The smallest absolute Gasteiger partial charge is 0.264 e. The molecule has 1 amide bonds. The fraction of sp³-hybridized carbons (Fsp3) is 0.407. The van der Waals surface area contributed by atoms with Gasteiger partial charge in [0, 0.05) is 50.4 Å². The molecule has 1 saturated carbocycles. The third-order valence-electron chi connectivity index (χ3n) is 7.27. The highest BCUT2D eigenvalue weighted by atomic mass is 32.2. The molecule has 9 heteroatoms. The Labute approximate surface area is 212 Å². The molecule has 2 aliphatic rings. The van der Waals surface area contributed by atoms with E-state index in [9.17, 15) is 18.3 Å². The molecule has 8 nitrogen and oxygen atoms in total. The van der Waals surface area contributed by atoms with E-state index in [2.05, 4.69) is 14.6 Å². The van der Waals surface area contributed by atoms with Crippen molar-refractivity contribution < 1.29 is 18.3 Å². The molecule has 1 aliphatic carbocycles. The third-order valence-corrected chi connectivity index (χ3v) is 8.68. The molecule has 36 heavy (non-hydrogen) atoms. The van der Waals surface area contributed by atoms with Crippen LogP contribution in [0.4, 0.5) is 5.69 Å². The Balaban J connectivity index is 1.24. The van der Waals surface area contributed by atoms with Gasteiger partial charge in [0.1, 0.15) is 10.6 Å². The SMILES string of the molecule is O=C(c1ccc(NS(=O)(=O)c2cccc3cccnc23)cc1O)N1CCN(CC2CCCCC2)CC1. The van der Waals surface area contributed by atoms with Crippen LogP contribution in [0, 0.1) is 5.92 Å². The number of amides is 1. The van der Waals surface area contributed by atoms with Gasteiger partial charge in [0.2, 0.25) is 0 Å². The number of phenols is 1. The predicted molar refractivity (Wildman–Crippen MR) is 140 cm³/mol. The number of anilines is 1. The Morgan fingerprint density at radius 3 is 2.50 bits per heavy atom. The minimum absolute atomic E-state index is 0.0475. The second-order valence-electron chi connectivity index (χ2n) is 9.77. The van der Waals surface area contributed by atoms with Crippen molar-refractivity contribution in [2.45, 2.75) is 37.0 Å². The van der Waals surface area contributed by atoms with Crippen LogP contribution < -0.4 is 4.72 Å². The summed E-state index contributed by atoms with van der Waals surface area (Å²) in [6, 6.07) is 12.7. The number of fused-ring (bicyclic) bond motifs is 1. The topological polar surface area (TPSA) is 103 Å². The molecule has 1 aliphatic heterocycles. The molecule has 1 saturated heterocycles. The van der Waals surface area contributed by atoms with Crippen molar-refractivity contribution in [2.75, 3.05) is 37.4 Å². The van der Waals surface area contributed by atoms with Gasteiger partial charge in [0.25, 0.3) is 15.9 Å². The zero-order valence-electron chi connectivity index (χ0n) is 20.3. The van der Waals surface area contributed by atoms with Gasteiger partial charge in [-0.1, -0.05) is 37.5 Å². The van der Waals surface area contributed by atoms with Crippen molar-refractivity contribution in [3.05, 3.63) is 60.3 Å². The monoisotopic (exact) mass is 508 g/mol. The summed E-state index contributed by atoms with van der Waals surface area (Å²) in [5.41, 5.74) is 0.714. The molecule has 3 aromatic rings. The molecule has 0 bridgehead atoms. The minimum atomic E-state index is -3.95. The standard InChI is InChI=1S/C27H32N4O4S/c32-24-18-22(29-36(34,35)25-10-4-8-21-9-5-13-28-26(21)25)11-12-23(24)27(33)31-16-14-30(15-17-31)19-20-6-2-1-3-7-20/h4-5,8-13,18,20,29,32H,1-3,6-7,14-17,19H2. The van der Waals surface area contributed by atoms with Crippen LogP contribution in [0.2, 0.25) is 0 Å². The van der Waals surface area contributed by atoms with E-state index in [1.807, 2.05) is 0 Å². The molecule has 2 heterocycles. The van der Waals surface area contributed by atoms with E-state index in [1.165, 1.54) is 56.4 Å². The second-order valence-corrected chi connectivity index (χ2v) is 11.4. The minimum Gasteiger partial charge on any atom is -0.507 e. The Morgan fingerprint density at radius 2 is 1.75 bits per heavy atom. The van der Waals surface area contributed by atoms with E-state index in [1.54, 1.807) is 35.4 Å². The van der Waals surface area contributed by atoms with Gasteiger partial charge < -0.3 is 10.0 Å². The van der Waals surface area contributed by atoms with Gasteiger partial charge in [-0.15, -0.1) is 0 Å².